The maximum absolute atomic E-state index is 12.8. The summed E-state index contributed by atoms with van der Waals surface area (Å²) in [7, 11) is 1.64. The van der Waals surface area contributed by atoms with Crippen molar-refractivity contribution >= 4 is 22.8 Å². The van der Waals surface area contributed by atoms with Gasteiger partial charge < -0.3 is 10.1 Å². The Morgan fingerprint density at radius 3 is 2.50 bits per heavy atom. The van der Waals surface area contributed by atoms with Gasteiger partial charge in [0.15, 0.2) is 0 Å². The van der Waals surface area contributed by atoms with Gasteiger partial charge in [-0.2, -0.15) is 13.2 Å². The maximum atomic E-state index is 12.8. The highest BCUT2D eigenvalue weighted by Gasteiger charge is 2.34. The van der Waals surface area contributed by atoms with Crippen molar-refractivity contribution in [3.05, 3.63) is 35.4 Å². The molecule has 0 aliphatic carbocycles. The van der Waals surface area contributed by atoms with Crippen molar-refractivity contribution in [3.8, 4) is 5.75 Å². The SMILES string of the molecule is CNC(=S)C1=CC(C)(C)Oc2ccc(C(F)(F)F)cc21. The molecule has 0 unspecified atom stereocenters. The van der Waals surface area contributed by atoms with Gasteiger partial charge in [-0.3, -0.25) is 0 Å². The Morgan fingerprint density at radius 1 is 1.30 bits per heavy atom. The number of thiocarbonyl (C=S) groups is 1. The van der Waals surface area contributed by atoms with Crippen molar-refractivity contribution < 1.29 is 17.9 Å². The molecule has 0 bridgehead atoms. The number of hydrogen-bond acceptors (Lipinski definition) is 2. The summed E-state index contributed by atoms with van der Waals surface area (Å²) in [6.07, 6.45) is -2.66. The van der Waals surface area contributed by atoms with Gasteiger partial charge in [0.2, 0.25) is 0 Å². The summed E-state index contributed by atoms with van der Waals surface area (Å²) in [5, 5.41) is 2.80. The molecular weight excluding hydrogens is 287 g/mol. The molecule has 1 aliphatic heterocycles. The summed E-state index contributed by atoms with van der Waals surface area (Å²) in [5.41, 5.74) is -0.425. The third-order valence-electron chi connectivity index (χ3n) is 2.93. The summed E-state index contributed by atoms with van der Waals surface area (Å²) in [5.74, 6) is 0.401. The van der Waals surface area contributed by atoms with Crippen LogP contribution in [0.1, 0.15) is 25.0 Å². The van der Waals surface area contributed by atoms with Crippen LogP contribution in [0.25, 0.3) is 5.57 Å². The summed E-state index contributed by atoms with van der Waals surface area (Å²) in [6.45, 7) is 3.65. The normalized spacial score (nSPS) is 16.8. The van der Waals surface area contributed by atoms with Crippen molar-refractivity contribution in [2.24, 2.45) is 0 Å². The second kappa shape index (κ2) is 4.77. The van der Waals surface area contributed by atoms with E-state index in [4.69, 9.17) is 17.0 Å². The van der Waals surface area contributed by atoms with E-state index < -0.39 is 17.3 Å². The van der Waals surface area contributed by atoms with E-state index in [1.807, 2.05) is 13.8 Å². The van der Waals surface area contributed by atoms with Crippen LogP contribution in [-0.2, 0) is 6.18 Å². The van der Waals surface area contributed by atoms with Gasteiger partial charge in [0.25, 0.3) is 0 Å². The van der Waals surface area contributed by atoms with Crippen LogP contribution in [-0.4, -0.2) is 17.6 Å². The smallest absolute Gasteiger partial charge is 0.416 e. The van der Waals surface area contributed by atoms with Gasteiger partial charge in [-0.15, -0.1) is 0 Å². The third-order valence-corrected chi connectivity index (χ3v) is 3.36. The lowest BCUT2D eigenvalue weighted by Gasteiger charge is -2.31. The lowest BCUT2D eigenvalue weighted by atomic mass is 9.93. The molecule has 0 aromatic heterocycles. The van der Waals surface area contributed by atoms with Crippen molar-refractivity contribution in [1.29, 1.82) is 0 Å². The number of likely N-dealkylation sites (N-methyl/N-ethyl adjacent to an activating group) is 1. The first-order chi connectivity index (χ1) is 9.14. The van der Waals surface area contributed by atoms with Crippen LogP contribution in [0.4, 0.5) is 13.2 Å². The molecule has 1 aromatic carbocycles. The maximum Gasteiger partial charge on any atom is 0.416 e. The van der Waals surface area contributed by atoms with Gasteiger partial charge in [-0.25, -0.2) is 0 Å². The molecular formula is C14H14F3NOS. The zero-order valence-corrected chi connectivity index (χ0v) is 12.1. The standard InChI is InChI=1S/C14H14F3NOS/c1-13(2)7-10(12(20)18-3)9-6-8(14(15,16)17)4-5-11(9)19-13/h4-7H,1-3H3,(H,18,20). The lowest BCUT2D eigenvalue weighted by Crippen LogP contribution is -2.32. The van der Waals surface area contributed by atoms with Gasteiger partial charge in [-0.05, 0) is 38.1 Å². The Kier molecular flexibility index (Phi) is 3.54. The number of fused-ring (bicyclic) bond motifs is 1. The molecule has 0 spiro atoms. The predicted molar refractivity (Wildman–Crippen MR) is 75.8 cm³/mol. The van der Waals surface area contributed by atoms with Gasteiger partial charge >= 0.3 is 6.18 Å². The van der Waals surface area contributed by atoms with Crippen molar-refractivity contribution in [3.63, 3.8) is 0 Å². The molecule has 0 saturated carbocycles. The first kappa shape index (κ1) is 14.8. The molecule has 0 amide bonds. The highest BCUT2D eigenvalue weighted by atomic mass is 32.1. The summed E-state index contributed by atoms with van der Waals surface area (Å²) < 4.78 is 44.1. The van der Waals surface area contributed by atoms with E-state index in [2.05, 4.69) is 5.32 Å². The van der Waals surface area contributed by atoms with E-state index in [1.54, 1.807) is 13.1 Å². The zero-order valence-electron chi connectivity index (χ0n) is 11.3. The molecule has 1 aromatic rings. The monoisotopic (exact) mass is 301 g/mol. The molecule has 1 heterocycles. The minimum absolute atomic E-state index is 0.360. The van der Waals surface area contributed by atoms with Crippen molar-refractivity contribution in [2.45, 2.75) is 25.6 Å². The van der Waals surface area contributed by atoms with E-state index in [9.17, 15) is 13.2 Å². The Morgan fingerprint density at radius 2 is 1.95 bits per heavy atom. The molecule has 0 atom stereocenters. The lowest BCUT2D eigenvalue weighted by molar-refractivity contribution is -0.137. The fraction of sp³-hybridized carbons (Fsp3) is 0.357. The fourth-order valence-electron chi connectivity index (χ4n) is 2.07. The van der Waals surface area contributed by atoms with Crippen LogP contribution in [0, 0.1) is 0 Å². The number of halogens is 3. The van der Waals surface area contributed by atoms with E-state index in [1.165, 1.54) is 6.07 Å². The molecule has 108 valence electrons. The van der Waals surface area contributed by atoms with E-state index in [-0.39, 0.29) is 0 Å². The molecule has 6 heteroatoms. The number of nitrogens with one attached hydrogen (secondary N) is 1. The number of alkyl halides is 3. The predicted octanol–water partition coefficient (Wildman–Crippen LogP) is 3.81. The van der Waals surface area contributed by atoms with Crippen LogP contribution in [0.15, 0.2) is 24.3 Å². The molecule has 0 radical (unpaired) electrons. The zero-order chi connectivity index (χ0) is 15.1. The summed E-state index contributed by atoms with van der Waals surface area (Å²) in [6, 6.07) is 3.42. The molecule has 2 nitrogen and oxygen atoms in total. The van der Waals surface area contributed by atoms with Crippen LogP contribution in [0.3, 0.4) is 0 Å². The minimum Gasteiger partial charge on any atom is -0.483 e. The Balaban J connectivity index is 2.60. The van der Waals surface area contributed by atoms with Gasteiger partial charge in [-0.1, -0.05) is 12.2 Å². The van der Waals surface area contributed by atoms with Crippen LogP contribution in [0.5, 0.6) is 5.75 Å². The molecule has 1 aliphatic rings. The van der Waals surface area contributed by atoms with Crippen molar-refractivity contribution in [2.75, 3.05) is 7.05 Å². The first-order valence-electron chi connectivity index (χ1n) is 5.99. The third kappa shape index (κ3) is 2.80. The van der Waals surface area contributed by atoms with E-state index in [0.29, 0.717) is 21.9 Å². The summed E-state index contributed by atoms with van der Waals surface area (Å²) >= 11 is 5.17. The van der Waals surface area contributed by atoms with Crippen molar-refractivity contribution in [1.82, 2.24) is 5.32 Å². The number of hydrogen-bond donors (Lipinski definition) is 1. The number of benzene rings is 1. The molecule has 1 N–H and O–H groups in total. The molecule has 2 rings (SSSR count). The fourth-order valence-corrected chi connectivity index (χ4v) is 2.24. The number of ether oxygens (including phenoxy) is 1. The van der Waals surface area contributed by atoms with Crippen LogP contribution >= 0.6 is 12.2 Å². The van der Waals surface area contributed by atoms with E-state index in [0.717, 1.165) is 12.1 Å². The van der Waals surface area contributed by atoms with Crippen LogP contribution < -0.4 is 10.1 Å². The van der Waals surface area contributed by atoms with E-state index >= 15 is 0 Å². The second-order valence-corrected chi connectivity index (χ2v) is 5.46. The largest absolute Gasteiger partial charge is 0.483 e. The summed E-state index contributed by atoms with van der Waals surface area (Å²) in [4.78, 5) is 0.391. The highest BCUT2D eigenvalue weighted by molar-refractivity contribution is 7.81. The molecule has 20 heavy (non-hydrogen) atoms. The Hall–Kier alpha value is -1.56. The van der Waals surface area contributed by atoms with Gasteiger partial charge in [0.1, 0.15) is 16.3 Å². The minimum atomic E-state index is -4.39. The van der Waals surface area contributed by atoms with Gasteiger partial charge in [0, 0.05) is 18.2 Å². The average Bonchev–Trinajstić information content (AvgIpc) is 2.34. The topological polar surface area (TPSA) is 21.3 Å². The quantitative estimate of drug-likeness (QED) is 0.797. The van der Waals surface area contributed by atoms with Gasteiger partial charge in [0.05, 0.1) is 5.56 Å². The first-order valence-corrected chi connectivity index (χ1v) is 6.40. The Bertz CT molecular complexity index is 591. The Labute approximate surface area is 120 Å². The molecule has 0 fully saturated rings. The number of rotatable bonds is 1. The highest BCUT2D eigenvalue weighted by Crippen LogP contribution is 2.40. The average molecular weight is 301 g/mol. The molecule has 0 saturated heterocycles. The second-order valence-electron chi connectivity index (χ2n) is 5.05. The van der Waals surface area contributed by atoms with Crippen LogP contribution in [0.2, 0.25) is 0 Å².